The van der Waals surface area contributed by atoms with Crippen LogP contribution in [0.5, 0.6) is 0 Å². The van der Waals surface area contributed by atoms with Crippen LogP contribution in [0, 0.1) is 0 Å². The Kier molecular flexibility index (Phi) is 7.63. The molecular weight excluding hydrogens is 180 g/mol. The van der Waals surface area contributed by atoms with Gasteiger partial charge in [-0.1, -0.05) is 80.7 Å². The molecule has 0 spiro atoms. The lowest BCUT2D eigenvalue weighted by molar-refractivity contribution is 0.886. The minimum absolute atomic E-state index is 1.14. The Labute approximate surface area is 94.1 Å². The molecule has 0 atom stereocenters. The van der Waals surface area contributed by atoms with Crippen LogP contribution in [-0.4, -0.2) is 0 Å². The summed E-state index contributed by atoms with van der Waals surface area (Å²) in [5, 5.41) is 0. The van der Waals surface area contributed by atoms with Crippen LogP contribution in [0.25, 0.3) is 0 Å². The second kappa shape index (κ2) is 9.51. The maximum absolute atomic E-state index is 2.12. The molecule has 0 heteroatoms. The summed E-state index contributed by atoms with van der Waals surface area (Å²) < 4.78 is 0. The summed E-state index contributed by atoms with van der Waals surface area (Å²) in [5.41, 5.74) is 0. The van der Waals surface area contributed by atoms with Crippen molar-refractivity contribution in [2.24, 2.45) is 0 Å². The molecule has 3 aliphatic rings. The van der Waals surface area contributed by atoms with Gasteiger partial charge in [0.15, 0.2) is 0 Å². The second-order valence-electron chi connectivity index (χ2n) is 3.95. The summed E-state index contributed by atoms with van der Waals surface area (Å²) in [6.07, 6.45) is 26.5. The fourth-order valence-corrected chi connectivity index (χ4v) is 1.67. The zero-order valence-corrected chi connectivity index (χ0v) is 9.57. The Bertz CT molecular complexity index is 187. The number of rotatable bonds is 0. The molecular formula is C15H22. The lowest BCUT2D eigenvalue weighted by Gasteiger charge is -1.67. The van der Waals surface area contributed by atoms with Crippen molar-refractivity contribution in [3.05, 3.63) is 48.6 Å². The molecule has 1 saturated carbocycles. The summed E-state index contributed by atoms with van der Waals surface area (Å²) in [6, 6.07) is 0. The molecule has 0 saturated heterocycles. The molecule has 0 heterocycles. The van der Waals surface area contributed by atoms with Crippen molar-refractivity contribution in [2.75, 3.05) is 0 Å². The Morgan fingerprint density at radius 3 is 0.800 bits per heavy atom. The van der Waals surface area contributed by atoms with E-state index in [2.05, 4.69) is 48.6 Å². The largest absolute Gasteiger partial charge is 0.0808 e. The van der Waals surface area contributed by atoms with E-state index in [-0.39, 0.29) is 0 Å². The van der Waals surface area contributed by atoms with Crippen molar-refractivity contribution in [1.82, 2.24) is 0 Å². The van der Waals surface area contributed by atoms with Gasteiger partial charge in [0.2, 0.25) is 0 Å². The molecule has 0 aliphatic heterocycles. The molecule has 0 nitrogen and oxygen atoms in total. The molecule has 0 bridgehead atoms. The van der Waals surface area contributed by atoms with Crippen LogP contribution in [0.1, 0.15) is 44.9 Å². The summed E-state index contributed by atoms with van der Waals surface area (Å²) in [4.78, 5) is 0. The van der Waals surface area contributed by atoms with Gasteiger partial charge in [0.05, 0.1) is 0 Å². The SMILES string of the molecule is C1=CCC=C1.C1=CCC=C1.C1CCCC1. The molecule has 15 heavy (non-hydrogen) atoms. The quantitative estimate of drug-likeness (QED) is 0.521. The number of allylic oxidation sites excluding steroid dienone is 8. The van der Waals surface area contributed by atoms with Crippen molar-refractivity contribution in [2.45, 2.75) is 44.9 Å². The average Bonchev–Trinajstić information content (AvgIpc) is 3.09. The highest BCUT2D eigenvalue weighted by molar-refractivity contribution is 5.12. The molecule has 0 unspecified atom stereocenters. The second-order valence-corrected chi connectivity index (χ2v) is 3.95. The van der Waals surface area contributed by atoms with Gasteiger partial charge in [-0.3, -0.25) is 0 Å². The van der Waals surface area contributed by atoms with Gasteiger partial charge in [-0.05, 0) is 12.8 Å². The molecule has 0 aromatic heterocycles. The standard InChI is InChI=1S/C5H10.2C5H6/c3*1-2-4-5-3-1/h1-5H2;2*1-4H,5H2. The fraction of sp³-hybridized carbons (Fsp3) is 0.467. The molecule has 82 valence electrons. The first-order valence-corrected chi connectivity index (χ1v) is 6.13. The lowest BCUT2D eigenvalue weighted by atomic mass is 10.4. The van der Waals surface area contributed by atoms with Crippen LogP contribution in [0.3, 0.4) is 0 Å². The monoisotopic (exact) mass is 202 g/mol. The first-order valence-electron chi connectivity index (χ1n) is 6.13. The van der Waals surface area contributed by atoms with Crippen molar-refractivity contribution >= 4 is 0 Å². The van der Waals surface area contributed by atoms with Gasteiger partial charge in [-0.15, -0.1) is 0 Å². The van der Waals surface area contributed by atoms with Crippen molar-refractivity contribution in [3.63, 3.8) is 0 Å². The zero-order chi connectivity index (χ0) is 10.6. The lowest BCUT2D eigenvalue weighted by Crippen LogP contribution is -1.47. The van der Waals surface area contributed by atoms with Gasteiger partial charge < -0.3 is 0 Å². The third kappa shape index (κ3) is 7.99. The van der Waals surface area contributed by atoms with Gasteiger partial charge in [0, 0.05) is 0 Å². The maximum atomic E-state index is 2.12. The Balaban J connectivity index is 0.000000112. The Morgan fingerprint density at radius 1 is 0.400 bits per heavy atom. The summed E-state index contributed by atoms with van der Waals surface area (Å²) in [5.74, 6) is 0. The van der Waals surface area contributed by atoms with Gasteiger partial charge in [-0.25, -0.2) is 0 Å². The normalized spacial score (nSPS) is 19.7. The number of hydrogen-bond donors (Lipinski definition) is 0. The van der Waals surface area contributed by atoms with Crippen LogP contribution in [-0.2, 0) is 0 Å². The molecule has 3 aliphatic carbocycles. The van der Waals surface area contributed by atoms with Crippen LogP contribution < -0.4 is 0 Å². The highest BCUT2D eigenvalue weighted by Gasteiger charge is 1.95. The predicted octanol–water partition coefficient (Wildman–Crippen LogP) is 4.96. The summed E-state index contributed by atoms with van der Waals surface area (Å²) in [6.45, 7) is 0. The molecule has 0 aromatic rings. The van der Waals surface area contributed by atoms with Crippen LogP contribution >= 0.6 is 0 Å². The van der Waals surface area contributed by atoms with Crippen LogP contribution in [0.2, 0.25) is 0 Å². The van der Waals surface area contributed by atoms with Crippen LogP contribution in [0.15, 0.2) is 48.6 Å². The van der Waals surface area contributed by atoms with Crippen molar-refractivity contribution < 1.29 is 0 Å². The van der Waals surface area contributed by atoms with E-state index < -0.39 is 0 Å². The van der Waals surface area contributed by atoms with Gasteiger partial charge in [0.25, 0.3) is 0 Å². The highest BCUT2D eigenvalue weighted by atomic mass is 14.0. The molecule has 3 rings (SSSR count). The average molecular weight is 202 g/mol. The van der Waals surface area contributed by atoms with E-state index in [1.54, 1.807) is 0 Å². The van der Waals surface area contributed by atoms with E-state index in [9.17, 15) is 0 Å². The van der Waals surface area contributed by atoms with E-state index in [0.717, 1.165) is 12.8 Å². The molecule has 0 aromatic carbocycles. The third-order valence-electron chi connectivity index (χ3n) is 2.56. The van der Waals surface area contributed by atoms with E-state index in [0.29, 0.717) is 0 Å². The van der Waals surface area contributed by atoms with E-state index in [1.165, 1.54) is 32.1 Å². The molecule has 0 N–H and O–H groups in total. The fourth-order valence-electron chi connectivity index (χ4n) is 1.67. The van der Waals surface area contributed by atoms with Crippen molar-refractivity contribution in [3.8, 4) is 0 Å². The first-order chi connectivity index (χ1) is 7.50. The van der Waals surface area contributed by atoms with Gasteiger partial charge in [0.1, 0.15) is 0 Å². The van der Waals surface area contributed by atoms with E-state index in [1.807, 2.05) is 0 Å². The third-order valence-corrected chi connectivity index (χ3v) is 2.56. The molecule has 0 radical (unpaired) electrons. The smallest absolute Gasteiger partial charge is 0.0163 e. The minimum atomic E-state index is 1.14. The van der Waals surface area contributed by atoms with E-state index >= 15 is 0 Å². The van der Waals surface area contributed by atoms with Gasteiger partial charge in [-0.2, -0.15) is 0 Å². The van der Waals surface area contributed by atoms with Crippen LogP contribution in [0.4, 0.5) is 0 Å². The molecule has 0 amide bonds. The summed E-state index contributed by atoms with van der Waals surface area (Å²) in [7, 11) is 0. The zero-order valence-electron chi connectivity index (χ0n) is 9.57. The predicted molar refractivity (Wildman–Crippen MR) is 68.9 cm³/mol. The maximum Gasteiger partial charge on any atom is -0.0163 e. The Hall–Kier alpha value is -1.04. The van der Waals surface area contributed by atoms with E-state index in [4.69, 9.17) is 0 Å². The van der Waals surface area contributed by atoms with Crippen molar-refractivity contribution in [1.29, 1.82) is 0 Å². The van der Waals surface area contributed by atoms with Gasteiger partial charge >= 0.3 is 0 Å². The highest BCUT2D eigenvalue weighted by Crippen LogP contribution is 2.15. The Morgan fingerprint density at radius 2 is 0.667 bits per heavy atom. The number of hydrogen-bond acceptors (Lipinski definition) is 0. The first kappa shape index (κ1) is 12.0. The minimum Gasteiger partial charge on any atom is -0.0808 e. The molecule has 1 fully saturated rings. The topological polar surface area (TPSA) is 0 Å². The summed E-state index contributed by atoms with van der Waals surface area (Å²) >= 11 is 0.